The third-order valence-corrected chi connectivity index (χ3v) is 6.67. The highest BCUT2D eigenvalue weighted by atomic mass is 35.5. The lowest BCUT2D eigenvalue weighted by Crippen LogP contribution is -2.42. The first-order valence-corrected chi connectivity index (χ1v) is 10.8. The van der Waals surface area contributed by atoms with E-state index in [1.54, 1.807) is 42.2 Å². The topological polar surface area (TPSA) is 75.7 Å². The number of fused-ring (bicyclic) bond motifs is 1. The van der Waals surface area contributed by atoms with E-state index in [2.05, 4.69) is 4.72 Å². The van der Waals surface area contributed by atoms with Crippen molar-refractivity contribution < 1.29 is 17.9 Å². The Kier molecular flexibility index (Phi) is 5.34. The molecule has 0 spiro atoms. The van der Waals surface area contributed by atoms with Crippen molar-refractivity contribution in [2.75, 3.05) is 22.8 Å². The zero-order chi connectivity index (χ0) is 20.7. The molecule has 0 radical (unpaired) electrons. The van der Waals surface area contributed by atoms with Crippen molar-refractivity contribution in [1.82, 2.24) is 0 Å². The Morgan fingerprint density at radius 3 is 2.64 bits per heavy atom. The molecule has 0 saturated carbocycles. The Morgan fingerprint density at radius 1 is 1.25 bits per heavy atom. The van der Waals surface area contributed by atoms with Crippen LogP contribution in [0.15, 0.2) is 41.3 Å². The van der Waals surface area contributed by atoms with Crippen LogP contribution in [-0.4, -0.2) is 27.5 Å². The van der Waals surface area contributed by atoms with Crippen LogP contribution in [0.2, 0.25) is 5.02 Å². The summed E-state index contributed by atoms with van der Waals surface area (Å²) in [6.45, 7) is 7.90. The summed E-state index contributed by atoms with van der Waals surface area (Å²) in [4.78, 5) is 14.5. The molecule has 0 aliphatic carbocycles. The minimum Gasteiger partial charge on any atom is -0.490 e. The first-order valence-electron chi connectivity index (χ1n) is 8.93. The summed E-state index contributed by atoms with van der Waals surface area (Å²) in [6, 6.07) is 9.66. The van der Waals surface area contributed by atoms with Gasteiger partial charge in [0.1, 0.15) is 12.4 Å². The lowest BCUT2D eigenvalue weighted by molar-refractivity contribution is -0.127. The summed E-state index contributed by atoms with van der Waals surface area (Å²) in [5, 5.41) is 0.382. The molecular formula is C20H23ClN2O4S. The standard InChI is InChI=1S/C20H23ClN2O4S/c1-5-23-16-10-9-14(11-17(16)27-12-20(3,4)19(23)24)22-28(25,26)18-8-6-7-15(21)13(18)2/h6-11,22H,5,12H2,1-4H3. The molecule has 6 nitrogen and oxygen atoms in total. The highest BCUT2D eigenvalue weighted by Crippen LogP contribution is 2.38. The number of carbonyl (C=O) groups excluding carboxylic acids is 1. The smallest absolute Gasteiger partial charge is 0.262 e. The summed E-state index contributed by atoms with van der Waals surface area (Å²) in [7, 11) is -3.83. The number of benzene rings is 2. The van der Waals surface area contributed by atoms with Crippen molar-refractivity contribution in [3.8, 4) is 5.75 Å². The molecule has 0 bridgehead atoms. The maximum absolute atomic E-state index is 12.8. The average molecular weight is 423 g/mol. The third-order valence-electron chi connectivity index (χ3n) is 4.74. The van der Waals surface area contributed by atoms with Crippen LogP contribution in [0.4, 0.5) is 11.4 Å². The van der Waals surface area contributed by atoms with E-state index in [0.717, 1.165) is 0 Å². The van der Waals surface area contributed by atoms with Crippen LogP contribution in [0.25, 0.3) is 0 Å². The largest absolute Gasteiger partial charge is 0.490 e. The quantitative estimate of drug-likeness (QED) is 0.800. The van der Waals surface area contributed by atoms with E-state index in [1.807, 2.05) is 20.8 Å². The zero-order valence-corrected chi connectivity index (χ0v) is 17.8. The lowest BCUT2D eigenvalue weighted by atomic mass is 9.93. The van der Waals surface area contributed by atoms with Gasteiger partial charge in [-0.1, -0.05) is 17.7 Å². The fourth-order valence-electron chi connectivity index (χ4n) is 3.11. The maximum Gasteiger partial charge on any atom is 0.262 e. The molecule has 0 unspecified atom stereocenters. The number of halogens is 1. The molecule has 1 amide bonds. The first-order chi connectivity index (χ1) is 13.1. The summed E-state index contributed by atoms with van der Waals surface area (Å²) in [6.07, 6.45) is 0. The molecule has 0 atom stereocenters. The van der Waals surface area contributed by atoms with Gasteiger partial charge in [0.15, 0.2) is 0 Å². The number of ether oxygens (including phenoxy) is 1. The number of hydrogen-bond acceptors (Lipinski definition) is 4. The molecule has 0 saturated heterocycles. The number of anilines is 2. The molecule has 0 fully saturated rings. The second-order valence-corrected chi connectivity index (χ2v) is 9.43. The van der Waals surface area contributed by atoms with Crippen LogP contribution in [0.1, 0.15) is 26.3 Å². The van der Waals surface area contributed by atoms with Crippen molar-refractivity contribution in [2.24, 2.45) is 5.41 Å². The van der Waals surface area contributed by atoms with Crippen molar-refractivity contribution >= 4 is 38.9 Å². The molecule has 1 heterocycles. The van der Waals surface area contributed by atoms with Gasteiger partial charge in [-0.3, -0.25) is 9.52 Å². The van der Waals surface area contributed by atoms with Crippen LogP contribution in [0, 0.1) is 12.3 Å². The third kappa shape index (κ3) is 3.69. The highest BCUT2D eigenvalue weighted by Gasteiger charge is 2.37. The zero-order valence-electron chi connectivity index (χ0n) is 16.2. The van der Waals surface area contributed by atoms with Crippen LogP contribution in [0.3, 0.4) is 0 Å². The maximum atomic E-state index is 12.8. The van der Waals surface area contributed by atoms with Gasteiger partial charge < -0.3 is 9.64 Å². The van der Waals surface area contributed by atoms with E-state index in [9.17, 15) is 13.2 Å². The van der Waals surface area contributed by atoms with Crippen molar-refractivity contribution in [3.63, 3.8) is 0 Å². The number of sulfonamides is 1. The van der Waals surface area contributed by atoms with Crippen molar-refractivity contribution in [3.05, 3.63) is 47.0 Å². The Hall–Kier alpha value is -2.25. The van der Waals surface area contributed by atoms with Gasteiger partial charge in [0.05, 0.1) is 21.7 Å². The van der Waals surface area contributed by atoms with E-state index in [0.29, 0.717) is 34.3 Å². The van der Waals surface area contributed by atoms with E-state index in [4.69, 9.17) is 16.3 Å². The molecule has 8 heteroatoms. The minimum absolute atomic E-state index is 0.0309. The molecule has 2 aromatic carbocycles. The summed E-state index contributed by atoms with van der Waals surface area (Å²) < 4.78 is 34.0. The second-order valence-electron chi connectivity index (χ2n) is 7.37. The van der Waals surface area contributed by atoms with Crippen LogP contribution < -0.4 is 14.4 Å². The van der Waals surface area contributed by atoms with Gasteiger partial charge in [-0.15, -0.1) is 0 Å². The first kappa shape index (κ1) is 20.5. The van der Waals surface area contributed by atoms with Gasteiger partial charge in [0.25, 0.3) is 10.0 Å². The second kappa shape index (κ2) is 7.29. The van der Waals surface area contributed by atoms with E-state index in [1.165, 1.54) is 6.07 Å². The van der Waals surface area contributed by atoms with E-state index in [-0.39, 0.29) is 17.4 Å². The number of amides is 1. The van der Waals surface area contributed by atoms with Gasteiger partial charge in [-0.25, -0.2) is 8.42 Å². The van der Waals surface area contributed by atoms with Crippen LogP contribution in [0.5, 0.6) is 5.75 Å². The fraction of sp³-hybridized carbons (Fsp3) is 0.350. The summed E-state index contributed by atoms with van der Waals surface area (Å²) in [5.41, 5.74) is 0.778. The molecule has 1 aliphatic heterocycles. The predicted octanol–water partition coefficient (Wildman–Crippen LogP) is 4.22. The van der Waals surface area contributed by atoms with Crippen LogP contribution >= 0.6 is 11.6 Å². The number of carbonyl (C=O) groups is 1. The molecule has 3 rings (SSSR count). The predicted molar refractivity (Wildman–Crippen MR) is 111 cm³/mol. The Morgan fingerprint density at radius 2 is 1.96 bits per heavy atom. The van der Waals surface area contributed by atoms with E-state index >= 15 is 0 Å². The number of rotatable bonds is 4. The molecule has 1 N–H and O–H groups in total. The number of nitrogens with one attached hydrogen (secondary N) is 1. The van der Waals surface area contributed by atoms with Gasteiger partial charge in [-0.2, -0.15) is 0 Å². The van der Waals surface area contributed by atoms with Gasteiger partial charge in [-0.05, 0) is 57.5 Å². The Bertz CT molecular complexity index is 1030. The summed E-state index contributed by atoms with van der Waals surface area (Å²) in [5.74, 6) is 0.431. The van der Waals surface area contributed by atoms with Gasteiger partial charge >= 0.3 is 0 Å². The van der Waals surface area contributed by atoms with Gasteiger partial charge in [0, 0.05) is 17.6 Å². The Labute approximate surface area is 170 Å². The average Bonchev–Trinajstić information content (AvgIpc) is 2.72. The van der Waals surface area contributed by atoms with Crippen LogP contribution in [-0.2, 0) is 14.8 Å². The monoisotopic (exact) mass is 422 g/mol. The van der Waals surface area contributed by atoms with Crippen molar-refractivity contribution in [2.45, 2.75) is 32.6 Å². The van der Waals surface area contributed by atoms with E-state index < -0.39 is 15.4 Å². The molecular weight excluding hydrogens is 400 g/mol. The van der Waals surface area contributed by atoms with Crippen molar-refractivity contribution in [1.29, 1.82) is 0 Å². The highest BCUT2D eigenvalue weighted by molar-refractivity contribution is 7.92. The normalized spacial score (nSPS) is 16.2. The molecule has 1 aliphatic rings. The molecule has 0 aromatic heterocycles. The number of hydrogen-bond donors (Lipinski definition) is 1. The Balaban J connectivity index is 1.98. The summed E-state index contributed by atoms with van der Waals surface area (Å²) >= 11 is 6.06. The van der Waals surface area contributed by atoms with Gasteiger partial charge in [0.2, 0.25) is 5.91 Å². The SMILES string of the molecule is CCN1C(=O)C(C)(C)COc2cc(NS(=O)(=O)c3cccc(Cl)c3C)ccc21. The molecule has 28 heavy (non-hydrogen) atoms. The molecule has 150 valence electrons. The lowest BCUT2D eigenvalue weighted by Gasteiger charge is -2.26. The minimum atomic E-state index is -3.83. The molecule has 2 aromatic rings. The number of nitrogens with zero attached hydrogens (tertiary/aromatic N) is 1. The fourth-order valence-corrected chi connectivity index (χ4v) is 4.66.